The maximum absolute atomic E-state index is 14.6. The number of hydrogen-bond acceptors (Lipinski definition) is 9. The molecule has 1 aromatic heterocycles. The number of hydrogen-bond donors (Lipinski definition) is 5. The summed E-state index contributed by atoms with van der Waals surface area (Å²) in [5.74, 6) is -2.82. The number of carbonyl (C=O) groups excluding carboxylic acids is 6. The van der Waals surface area contributed by atoms with Gasteiger partial charge in [0.2, 0.25) is 29.4 Å². The summed E-state index contributed by atoms with van der Waals surface area (Å²) in [4.78, 5) is 83.1. The van der Waals surface area contributed by atoms with Crippen LogP contribution in [0.1, 0.15) is 111 Å². The molecule has 3 saturated carbocycles. The van der Waals surface area contributed by atoms with Crippen molar-refractivity contribution in [2.75, 3.05) is 6.54 Å². The molecular formula is C34H53N9O6. The fourth-order valence-corrected chi connectivity index (χ4v) is 7.87. The van der Waals surface area contributed by atoms with Crippen LogP contribution in [-0.2, 0) is 35.2 Å². The monoisotopic (exact) mass is 683 g/mol. The molecule has 15 heteroatoms. The molecule has 5 N–H and O–H groups in total. The van der Waals surface area contributed by atoms with Crippen LogP contribution in [0.5, 0.6) is 0 Å². The number of carbonyl (C=O) groups is 6. The molecule has 0 aromatic carbocycles. The summed E-state index contributed by atoms with van der Waals surface area (Å²) in [6.07, 6.45) is 9.50. The molecule has 0 radical (unpaired) electrons. The zero-order chi connectivity index (χ0) is 35.3. The van der Waals surface area contributed by atoms with Crippen LogP contribution >= 0.6 is 0 Å². The summed E-state index contributed by atoms with van der Waals surface area (Å²) < 4.78 is 0. The van der Waals surface area contributed by atoms with Crippen molar-refractivity contribution in [2.45, 2.75) is 141 Å². The molecule has 0 spiro atoms. The van der Waals surface area contributed by atoms with E-state index in [2.05, 4.69) is 41.9 Å². The van der Waals surface area contributed by atoms with Gasteiger partial charge in [0, 0.05) is 12.6 Å². The molecule has 4 aliphatic rings. The molecule has 1 aromatic rings. The van der Waals surface area contributed by atoms with Gasteiger partial charge in [0.15, 0.2) is 5.82 Å². The molecule has 1 saturated heterocycles. The number of H-pyrrole nitrogens is 1. The number of fused-ring (bicyclic) bond motifs is 1. The van der Waals surface area contributed by atoms with Crippen molar-refractivity contribution >= 4 is 35.3 Å². The Balaban J connectivity index is 1.34. The van der Waals surface area contributed by atoms with Crippen LogP contribution in [0.25, 0.3) is 0 Å². The average molecular weight is 684 g/mol. The molecule has 15 nitrogen and oxygen atoms in total. The minimum atomic E-state index is -0.993. The quantitative estimate of drug-likeness (QED) is 0.178. The number of likely N-dealkylation sites (tertiary alicyclic amines) is 1. The molecule has 5 amide bonds. The highest BCUT2D eigenvalue weighted by atomic mass is 16.2. The van der Waals surface area contributed by atoms with E-state index in [1.165, 1.54) is 0 Å². The Kier molecular flexibility index (Phi) is 11.7. The van der Waals surface area contributed by atoms with Gasteiger partial charge in [-0.15, -0.1) is 5.10 Å². The van der Waals surface area contributed by atoms with E-state index in [0.29, 0.717) is 19.4 Å². The third kappa shape index (κ3) is 9.01. The van der Waals surface area contributed by atoms with Crippen molar-refractivity contribution < 1.29 is 28.8 Å². The van der Waals surface area contributed by atoms with E-state index in [1.54, 1.807) is 4.90 Å². The lowest BCUT2D eigenvalue weighted by atomic mass is 9.82. The highest BCUT2D eigenvalue weighted by molar-refractivity contribution is 6.38. The van der Waals surface area contributed by atoms with Crippen molar-refractivity contribution in [3.8, 4) is 0 Å². The first kappa shape index (κ1) is 36.4. The first-order chi connectivity index (χ1) is 23.4. The van der Waals surface area contributed by atoms with Gasteiger partial charge >= 0.3 is 0 Å². The van der Waals surface area contributed by atoms with Crippen LogP contribution in [0.3, 0.4) is 0 Å². The van der Waals surface area contributed by atoms with Crippen LogP contribution < -0.4 is 21.3 Å². The second-order valence-electron chi connectivity index (χ2n) is 15.5. The average Bonchev–Trinajstić information content (AvgIpc) is 3.38. The first-order valence-electron chi connectivity index (χ1n) is 18.1. The van der Waals surface area contributed by atoms with Crippen LogP contribution in [0.15, 0.2) is 0 Å². The van der Waals surface area contributed by atoms with Gasteiger partial charge in [-0.2, -0.15) is 0 Å². The van der Waals surface area contributed by atoms with E-state index in [4.69, 9.17) is 0 Å². The van der Waals surface area contributed by atoms with E-state index in [9.17, 15) is 28.8 Å². The van der Waals surface area contributed by atoms with Crippen LogP contribution in [0.4, 0.5) is 0 Å². The topological polar surface area (TPSA) is 208 Å². The largest absolute Gasteiger partial charge is 0.347 e. The van der Waals surface area contributed by atoms with Crippen molar-refractivity contribution in [3.63, 3.8) is 0 Å². The molecule has 3 aliphatic carbocycles. The summed E-state index contributed by atoms with van der Waals surface area (Å²) in [5.41, 5.74) is -0.736. The minimum absolute atomic E-state index is 0.0119. The number of aromatic nitrogens is 4. The second kappa shape index (κ2) is 15.8. The fraction of sp³-hybridized carbons (Fsp3) is 0.794. The number of rotatable bonds is 14. The molecule has 4 fully saturated rings. The number of aromatic amines is 1. The Morgan fingerprint density at radius 3 is 2.29 bits per heavy atom. The van der Waals surface area contributed by atoms with Gasteiger partial charge in [0.1, 0.15) is 18.1 Å². The Morgan fingerprint density at radius 1 is 0.918 bits per heavy atom. The predicted octanol–water partition coefficient (Wildman–Crippen LogP) is 1.10. The van der Waals surface area contributed by atoms with Crippen LogP contribution in [0, 0.1) is 23.2 Å². The van der Waals surface area contributed by atoms with E-state index >= 15 is 0 Å². The summed E-state index contributed by atoms with van der Waals surface area (Å²) in [7, 11) is 0. The predicted molar refractivity (Wildman–Crippen MR) is 177 cm³/mol. The normalized spacial score (nSPS) is 24.3. The molecule has 270 valence electrons. The number of Topliss-reactive ketones (excluding diaryl/α,β-unsaturated/α-hetero) is 1. The smallest absolute Gasteiger partial charge is 0.289 e. The molecule has 49 heavy (non-hydrogen) atoms. The van der Waals surface area contributed by atoms with Gasteiger partial charge in [0.25, 0.3) is 5.91 Å². The minimum Gasteiger partial charge on any atom is -0.347 e. The summed E-state index contributed by atoms with van der Waals surface area (Å²) in [6, 6.07) is -3.66. The number of ketones is 1. The zero-order valence-corrected chi connectivity index (χ0v) is 29.3. The van der Waals surface area contributed by atoms with Crippen molar-refractivity contribution in [1.82, 2.24) is 46.8 Å². The molecule has 1 unspecified atom stereocenters. The standard InChI is InChI=1S/C34H53N9O6/c1-5-10-23(28(45)32(48)35-21-15-16-21)36-31(47)27-22-14-9-13-20(22)18-43(27)33(49)29(34(2,3)4)38-30(46)26(19-11-7-6-8-12-19)37-25(44)17-24-39-41-42-40-24/h19-23,26-27,29H,5-18H2,1-4H3,(H,35,48)(H,36,47)(H,37,44)(H,38,46)(H,39,40,41,42)/t20-,22-,23?,26+,27-,29+/m0/s1. The highest BCUT2D eigenvalue weighted by Crippen LogP contribution is 2.43. The maximum atomic E-state index is 14.6. The van der Waals surface area contributed by atoms with Crippen LogP contribution in [-0.4, -0.2) is 97.6 Å². The molecule has 1 aliphatic heterocycles. The van der Waals surface area contributed by atoms with Gasteiger partial charge in [0.05, 0.1) is 12.5 Å². The molecule has 0 bridgehead atoms. The van der Waals surface area contributed by atoms with E-state index in [0.717, 1.165) is 64.2 Å². The number of tetrazole rings is 1. The highest BCUT2D eigenvalue weighted by Gasteiger charge is 2.52. The lowest BCUT2D eigenvalue weighted by Crippen LogP contribution is -2.62. The maximum Gasteiger partial charge on any atom is 0.289 e. The Bertz CT molecular complexity index is 1370. The number of amides is 5. The molecular weight excluding hydrogens is 630 g/mol. The fourth-order valence-electron chi connectivity index (χ4n) is 7.87. The third-order valence-electron chi connectivity index (χ3n) is 10.6. The zero-order valence-electron chi connectivity index (χ0n) is 29.3. The molecule has 2 heterocycles. The number of nitrogens with zero attached hydrogens (tertiary/aromatic N) is 4. The van der Waals surface area contributed by atoms with Gasteiger partial charge in [-0.25, -0.2) is 5.10 Å². The lowest BCUT2D eigenvalue weighted by Gasteiger charge is -2.38. The van der Waals surface area contributed by atoms with Gasteiger partial charge in [-0.05, 0) is 78.5 Å². The first-order valence-corrected chi connectivity index (χ1v) is 18.1. The Labute approximate surface area is 287 Å². The van der Waals surface area contributed by atoms with E-state index < -0.39 is 59.0 Å². The van der Waals surface area contributed by atoms with Crippen molar-refractivity contribution in [3.05, 3.63) is 5.82 Å². The summed E-state index contributed by atoms with van der Waals surface area (Å²) in [6.45, 7) is 7.84. The summed E-state index contributed by atoms with van der Waals surface area (Å²) in [5, 5.41) is 24.8. The van der Waals surface area contributed by atoms with E-state index in [-0.39, 0.29) is 41.9 Å². The summed E-state index contributed by atoms with van der Waals surface area (Å²) >= 11 is 0. The lowest BCUT2D eigenvalue weighted by molar-refractivity contribution is -0.146. The van der Waals surface area contributed by atoms with Gasteiger partial charge in [-0.3, -0.25) is 28.8 Å². The number of nitrogens with one attached hydrogen (secondary N) is 5. The van der Waals surface area contributed by atoms with Crippen molar-refractivity contribution in [2.24, 2.45) is 23.2 Å². The van der Waals surface area contributed by atoms with Gasteiger partial charge in [-0.1, -0.05) is 59.8 Å². The van der Waals surface area contributed by atoms with Gasteiger partial charge < -0.3 is 26.2 Å². The molecule has 5 rings (SSSR count). The van der Waals surface area contributed by atoms with E-state index in [1.807, 2.05) is 27.7 Å². The Morgan fingerprint density at radius 2 is 1.65 bits per heavy atom. The third-order valence-corrected chi connectivity index (χ3v) is 10.6. The van der Waals surface area contributed by atoms with Crippen molar-refractivity contribution in [1.29, 1.82) is 0 Å². The molecule has 6 atom stereocenters. The second-order valence-corrected chi connectivity index (χ2v) is 15.5. The Hall–Kier alpha value is -3.91. The SMILES string of the molecule is CCCC(NC(=O)[C@@H]1[C@H]2CCC[C@H]2CN1C(=O)[C@@H](NC(=O)[C@H](NC(=O)Cc1nnn[nH]1)C1CCCCC1)C(C)(C)C)C(=O)C(=O)NC1CC1. The van der Waals surface area contributed by atoms with Crippen LogP contribution in [0.2, 0.25) is 0 Å².